The van der Waals surface area contributed by atoms with Gasteiger partial charge in [-0.3, -0.25) is 0 Å². The average Bonchev–Trinajstić information content (AvgIpc) is 2.90. The van der Waals surface area contributed by atoms with Crippen LogP contribution in [0.3, 0.4) is 0 Å². The molecule has 2 aliphatic rings. The van der Waals surface area contributed by atoms with Crippen LogP contribution in [0.25, 0.3) is 0 Å². The van der Waals surface area contributed by atoms with Gasteiger partial charge in [0.05, 0.1) is 5.69 Å². The van der Waals surface area contributed by atoms with E-state index in [9.17, 15) is 8.42 Å². The van der Waals surface area contributed by atoms with Crippen LogP contribution in [0, 0.1) is 0 Å². The number of nitrogens with zero attached hydrogens (tertiary/aromatic N) is 2. The summed E-state index contributed by atoms with van der Waals surface area (Å²) in [4.78, 5) is 2.50. The van der Waals surface area contributed by atoms with E-state index >= 15 is 0 Å². The predicted octanol–water partition coefficient (Wildman–Crippen LogP) is 2.90. The van der Waals surface area contributed by atoms with Gasteiger partial charge in [-0.1, -0.05) is 25.6 Å². The third-order valence-electron chi connectivity index (χ3n) is 3.51. The van der Waals surface area contributed by atoms with E-state index in [1.165, 1.54) is 11.8 Å². The van der Waals surface area contributed by atoms with Gasteiger partial charge in [0, 0.05) is 24.0 Å². The maximum absolute atomic E-state index is 12.4. The number of amidine groups is 1. The summed E-state index contributed by atoms with van der Waals surface area (Å²) in [6.45, 7) is 5.99. The van der Waals surface area contributed by atoms with Crippen LogP contribution in [0.2, 0.25) is 0 Å². The molecule has 0 aliphatic carbocycles. The minimum absolute atomic E-state index is 0.275. The van der Waals surface area contributed by atoms with Crippen LogP contribution in [-0.4, -0.2) is 31.9 Å². The number of rotatable bonds is 2. The normalized spacial score (nSPS) is 20.1. The SMILES string of the molecule is CC(C)SC1=NS(=O)(=O)c2cc(N3CCCC3)ccc2N1. The van der Waals surface area contributed by atoms with Crippen LogP contribution in [0.15, 0.2) is 27.5 Å². The van der Waals surface area contributed by atoms with Crippen molar-refractivity contribution in [3.05, 3.63) is 18.2 Å². The topological polar surface area (TPSA) is 61.8 Å². The number of fused-ring (bicyclic) bond motifs is 1. The lowest BCUT2D eigenvalue weighted by atomic mass is 10.2. The zero-order valence-electron chi connectivity index (χ0n) is 12.2. The Morgan fingerprint density at radius 2 is 2.00 bits per heavy atom. The monoisotopic (exact) mass is 325 g/mol. The Morgan fingerprint density at radius 1 is 1.29 bits per heavy atom. The van der Waals surface area contributed by atoms with Crippen molar-refractivity contribution in [1.29, 1.82) is 0 Å². The first-order valence-electron chi connectivity index (χ1n) is 7.13. The largest absolute Gasteiger partial charge is 0.371 e. The minimum Gasteiger partial charge on any atom is -0.371 e. The number of nitrogens with one attached hydrogen (secondary N) is 1. The fraction of sp³-hybridized carbons (Fsp3) is 0.500. The number of hydrogen-bond donors (Lipinski definition) is 1. The van der Waals surface area contributed by atoms with E-state index in [2.05, 4.69) is 14.6 Å². The molecule has 1 aromatic rings. The van der Waals surface area contributed by atoms with Crippen LogP contribution in [0.5, 0.6) is 0 Å². The van der Waals surface area contributed by atoms with Crippen molar-refractivity contribution >= 4 is 38.3 Å². The molecule has 114 valence electrons. The lowest BCUT2D eigenvalue weighted by molar-refractivity contribution is 0.598. The van der Waals surface area contributed by atoms with Crippen molar-refractivity contribution in [3.63, 3.8) is 0 Å². The fourth-order valence-electron chi connectivity index (χ4n) is 2.57. The van der Waals surface area contributed by atoms with Crippen molar-refractivity contribution in [3.8, 4) is 0 Å². The molecule has 3 rings (SSSR count). The number of thioether (sulfide) groups is 1. The Bertz CT molecular complexity index is 677. The third kappa shape index (κ3) is 3.03. The molecule has 0 aromatic heterocycles. The summed E-state index contributed by atoms with van der Waals surface area (Å²) in [6, 6.07) is 5.56. The molecule has 7 heteroatoms. The smallest absolute Gasteiger partial charge is 0.286 e. The van der Waals surface area contributed by atoms with E-state index in [1.807, 2.05) is 26.0 Å². The molecule has 1 fully saturated rings. The zero-order valence-corrected chi connectivity index (χ0v) is 13.8. The molecule has 1 aromatic carbocycles. The van der Waals surface area contributed by atoms with Crippen molar-refractivity contribution in [2.45, 2.75) is 36.8 Å². The predicted molar refractivity (Wildman–Crippen MR) is 88.9 cm³/mol. The molecule has 5 nitrogen and oxygen atoms in total. The summed E-state index contributed by atoms with van der Waals surface area (Å²) in [5.41, 5.74) is 1.59. The Labute approximate surface area is 129 Å². The minimum atomic E-state index is -3.61. The second-order valence-corrected chi connectivity index (χ2v) is 8.68. The second-order valence-electron chi connectivity index (χ2n) is 5.54. The highest BCUT2D eigenvalue weighted by molar-refractivity contribution is 8.15. The van der Waals surface area contributed by atoms with Crippen molar-refractivity contribution < 1.29 is 8.42 Å². The van der Waals surface area contributed by atoms with E-state index < -0.39 is 10.0 Å². The zero-order chi connectivity index (χ0) is 15.0. The molecular formula is C14H19N3O2S2. The van der Waals surface area contributed by atoms with Gasteiger partial charge in [-0.2, -0.15) is 8.42 Å². The highest BCUT2D eigenvalue weighted by Crippen LogP contribution is 2.34. The molecule has 1 N–H and O–H groups in total. The van der Waals surface area contributed by atoms with Crippen LogP contribution < -0.4 is 10.2 Å². The Morgan fingerprint density at radius 3 is 2.67 bits per heavy atom. The average molecular weight is 325 g/mol. The maximum Gasteiger partial charge on any atom is 0.286 e. The first-order chi connectivity index (χ1) is 9.95. The van der Waals surface area contributed by atoms with Gasteiger partial charge in [0.15, 0.2) is 5.17 Å². The summed E-state index contributed by atoms with van der Waals surface area (Å²) in [5.74, 6) is 0. The number of anilines is 2. The number of hydrogen-bond acceptors (Lipinski definition) is 5. The third-order valence-corrected chi connectivity index (χ3v) is 5.83. The standard InChI is InChI=1S/C14H19N3O2S2/c1-10(2)20-14-15-12-6-5-11(17-7-3-4-8-17)9-13(12)21(18,19)16-14/h5-6,9-10H,3-4,7-8H2,1-2H3,(H,15,16). The summed E-state index contributed by atoms with van der Waals surface area (Å²) >= 11 is 1.42. The second kappa shape index (κ2) is 5.53. The summed E-state index contributed by atoms with van der Waals surface area (Å²) < 4.78 is 28.6. The van der Waals surface area contributed by atoms with Gasteiger partial charge < -0.3 is 10.2 Å². The first kappa shape index (κ1) is 14.7. The lowest BCUT2D eigenvalue weighted by Crippen LogP contribution is -2.22. The Hall–Kier alpha value is -1.21. The van der Waals surface area contributed by atoms with Gasteiger partial charge in [0.2, 0.25) is 0 Å². The first-order valence-corrected chi connectivity index (χ1v) is 9.45. The molecule has 0 atom stereocenters. The lowest BCUT2D eigenvalue weighted by Gasteiger charge is -2.22. The Balaban J connectivity index is 1.96. The molecule has 0 unspecified atom stereocenters. The van der Waals surface area contributed by atoms with Crippen LogP contribution in [0.4, 0.5) is 11.4 Å². The van der Waals surface area contributed by atoms with Crippen LogP contribution >= 0.6 is 11.8 Å². The van der Waals surface area contributed by atoms with Crippen LogP contribution in [-0.2, 0) is 10.0 Å². The van der Waals surface area contributed by atoms with Gasteiger partial charge in [-0.25, -0.2) is 0 Å². The molecule has 0 amide bonds. The molecule has 2 heterocycles. The molecular weight excluding hydrogens is 306 g/mol. The summed E-state index contributed by atoms with van der Waals surface area (Å²) in [5, 5.41) is 3.84. The molecule has 0 spiro atoms. The molecule has 0 saturated carbocycles. The quantitative estimate of drug-likeness (QED) is 0.906. The highest BCUT2D eigenvalue weighted by Gasteiger charge is 2.27. The molecule has 1 saturated heterocycles. The summed E-state index contributed by atoms with van der Waals surface area (Å²) in [6.07, 6.45) is 2.32. The molecule has 0 radical (unpaired) electrons. The van der Waals surface area contributed by atoms with Gasteiger partial charge in [-0.05, 0) is 31.0 Å². The van der Waals surface area contributed by atoms with Gasteiger partial charge in [-0.15, -0.1) is 4.40 Å². The van der Waals surface area contributed by atoms with Gasteiger partial charge in [0.1, 0.15) is 4.90 Å². The van der Waals surface area contributed by atoms with E-state index in [4.69, 9.17) is 0 Å². The fourth-order valence-corrected chi connectivity index (χ4v) is 4.68. The van der Waals surface area contributed by atoms with E-state index in [0.717, 1.165) is 31.6 Å². The van der Waals surface area contributed by atoms with Crippen molar-refractivity contribution in [2.24, 2.45) is 4.40 Å². The highest BCUT2D eigenvalue weighted by atomic mass is 32.2. The molecule has 21 heavy (non-hydrogen) atoms. The molecule has 0 bridgehead atoms. The van der Waals surface area contributed by atoms with Crippen LogP contribution in [0.1, 0.15) is 26.7 Å². The van der Waals surface area contributed by atoms with Gasteiger partial charge >= 0.3 is 0 Å². The number of benzene rings is 1. The van der Waals surface area contributed by atoms with Crippen molar-refractivity contribution in [2.75, 3.05) is 23.3 Å². The van der Waals surface area contributed by atoms with E-state index in [1.54, 1.807) is 6.07 Å². The maximum atomic E-state index is 12.4. The Kier molecular flexibility index (Phi) is 3.88. The summed E-state index contributed by atoms with van der Waals surface area (Å²) in [7, 11) is -3.61. The number of sulfonamides is 1. The van der Waals surface area contributed by atoms with E-state index in [-0.39, 0.29) is 10.1 Å². The van der Waals surface area contributed by atoms with Crippen molar-refractivity contribution in [1.82, 2.24) is 0 Å². The molecule has 2 aliphatic heterocycles. The van der Waals surface area contributed by atoms with E-state index in [0.29, 0.717) is 10.9 Å². The van der Waals surface area contributed by atoms with Gasteiger partial charge in [0.25, 0.3) is 10.0 Å².